The number of allylic oxidation sites excluding steroid dienone is 2. The highest BCUT2D eigenvalue weighted by atomic mass is 16.3. The monoisotopic (exact) mass is 693 g/mol. The first kappa shape index (κ1) is 39.9. The van der Waals surface area contributed by atoms with Crippen molar-refractivity contribution in [3.63, 3.8) is 0 Å². The van der Waals surface area contributed by atoms with Gasteiger partial charge in [0.05, 0.1) is 5.69 Å². The van der Waals surface area contributed by atoms with E-state index in [4.69, 9.17) is 0 Å². The third-order valence-corrected chi connectivity index (χ3v) is 8.44. The van der Waals surface area contributed by atoms with Gasteiger partial charge in [-0.3, -0.25) is 18.7 Å². The number of ketones is 1. The molecule has 14 heteroatoms. The van der Waals surface area contributed by atoms with E-state index in [1.165, 1.54) is 4.57 Å². The Kier molecular flexibility index (Phi) is 13.9. The molecule has 2 N–H and O–H groups in total. The predicted octanol–water partition coefficient (Wildman–Crippen LogP) is 7.85. The zero-order valence-electron chi connectivity index (χ0n) is 31.6. The first-order valence-corrected chi connectivity index (χ1v) is 17.6. The fraction of sp³-hybridized carbons (Fsp3) is 0.639. The molecule has 2 unspecified atom stereocenters. The van der Waals surface area contributed by atoms with Crippen molar-refractivity contribution in [3.05, 3.63) is 55.5 Å². The van der Waals surface area contributed by atoms with Gasteiger partial charge in [0.25, 0.3) is 5.56 Å². The number of rotatable bonds is 11. The lowest BCUT2D eigenvalue weighted by atomic mass is 9.79. The van der Waals surface area contributed by atoms with Crippen molar-refractivity contribution in [2.45, 2.75) is 121 Å². The second-order valence-electron chi connectivity index (χ2n) is 14.7. The van der Waals surface area contributed by atoms with Crippen molar-refractivity contribution in [1.82, 2.24) is 18.7 Å². The lowest BCUT2D eigenvalue weighted by Crippen LogP contribution is -2.41. The Hall–Kier alpha value is -4.49. The average Bonchev–Trinajstić information content (AvgIpc) is 3.57. The Balaban J connectivity index is 0.000000270. The van der Waals surface area contributed by atoms with E-state index in [1.54, 1.807) is 6.20 Å². The number of nitrogens with zero attached hydrogens (tertiary/aromatic N) is 9. The van der Waals surface area contributed by atoms with Crippen LogP contribution in [-0.4, -0.2) is 40.5 Å². The maximum absolute atomic E-state index is 12.7. The lowest BCUT2D eigenvalue weighted by molar-refractivity contribution is -0.121. The zero-order valence-corrected chi connectivity index (χ0v) is 31.6. The molecule has 14 nitrogen and oxygen atoms in total. The molecule has 1 aliphatic heterocycles. The van der Waals surface area contributed by atoms with Crippen LogP contribution < -0.4 is 11.2 Å². The molecule has 2 atom stereocenters. The van der Waals surface area contributed by atoms with Gasteiger partial charge in [0.1, 0.15) is 5.76 Å². The Morgan fingerprint density at radius 1 is 0.880 bits per heavy atom. The van der Waals surface area contributed by atoms with Crippen LogP contribution in [0.3, 0.4) is 0 Å². The molecule has 274 valence electrons. The number of azo groups is 2. The molecule has 0 radical (unpaired) electrons. The van der Waals surface area contributed by atoms with E-state index in [0.29, 0.717) is 30.5 Å². The molecular formula is C36H55N9O5. The number of aryl methyl sites for hydroxylation is 1. The minimum atomic E-state index is -0.636. The molecule has 50 heavy (non-hydrogen) atoms. The van der Waals surface area contributed by atoms with Gasteiger partial charge in [-0.25, -0.2) is 14.8 Å². The molecule has 0 aromatic carbocycles. The zero-order chi connectivity index (χ0) is 37.4. The number of aliphatic hydroxyl groups is 1. The van der Waals surface area contributed by atoms with Gasteiger partial charge in [-0.2, -0.15) is 0 Å². The van der Waals surface area contributed by atoms with Crippen LogP contribution in [0.4, 0.5) is 11.6 Å². The van der Waals surface area contributed by atoms with Crippen molar-refractivity contribution < 1.29 is 15.0 Å². The summed E-state index contributed by atoms with van der Waals surface area (Å²) in [5.74, 6) is 0.919. The van der Waals surface area contributed by atoms with Crippen LogP contribution in [0.2, 0.25) is 0 Å². The highest BCUT2D eigenvalue weighted by Crippen LogP contribution is 2.35. The van der Waals surface area contributed by atoms with Crippen molar-refractivity contribution in [2.24, 2.45) is 55.0 Å². The smallest absolute Gasteiger partial charge is 0.333 e. The fourth-order valence-corrected chi connectivity index (χ4v) is 5.88. The molecular weight excluding hydrogens is 638 g/mol. The summed E-state index contributed by atoms with van der Waals surface area (Å²) in [6.07, 6.45) is 4.67. The minimum Gasteiger partial charge on any atom is -0.510 e. The van der Waals surface area contributed by atoms with Gasteiger partial charge in [-0.15, -0.1) is 20.5 Å². The molecule has 0 saturated carbocycles. The van der Waals surface area contributed by atoms with Crippen LogP contribution in [0.25, 0.3) is 0 Å². The van der Waals surface area contributed by atoms with Crippen LogP contribution in [0, 0.1) is 43.4 Å². The van der Waals surface area contributed by atoms with Gasteiger partial charge in [0.15, 0.2) is 17.3 Å². The largest absolute Gasteiger partial charge is 0.510 e. The second-order valence-corrected chi connectivity index (χ2v) is 14.7. The Morgan fingerprint density at radius 3 is 2.08 bits per heavy atom. The summed E-state index contributed by atoms with van der Waals surface area (Å²) < 4.78 is 4.29. The van der Waals surface area contributed by atoms with E-state index < -0.39 is 17.1 Å². The maximum atomic E-state index is 12.7. The summed E-state index contributed by atoms with van der Waals surface area (Å²) in [5.41, 5.74) is 1.71. The topological polar surface area (TPSA) is 181 Å². The summed E-state index contributed by atoms with van der Waals surface area (Å²) in [6.45, 7) is 23.1. The number of hydrogen-bond acceptors (Lipinski definition) is 11. The minimum absolute atomic E-state index is 0.0517. The van der Waals surface area contributed by atoms with Gasteiger partial charge in [0, 0.05) is 49.8 Å². The van der Waals surface area contributed by atoms with Gasteiger partial charge in [0.2, 0.25) is 17.5 Å². The molecule has 0 spiro atoms. The third kappa shape index (κ3) is 9.81. The summed E-state index contributed by atoms with van der Waals surface area (Å²) in [4.78, 5) is 46.5. The van der Waals surface area contributed by atoms with Crippen LogP contribution in [0.5, 0.6) is 5.88 Å². The SMILES string of the molecule is CC1=CN=C(N=Nc2c(O)n(CC(C)C)c(=O)n(CC(C)C)c2=O)C1.CCCn1c(N=NC2=C(O)C(C)CC(CC(C)C)C2=O)nc(C)c1C. The van der Waals surface area contributed by atoms with E-state index in [2.05, 4.69) is 51.2 Å². The predicted molar refractivity (Wildman–Crippen MR) is 195 cm³/mol. The average molecular weight is 694 g/mol. The number of hydrogen-bond donors (Lipinski definition) is 2. The molecule has 3 heterocycles. The van der Waals surface area contributed by atoms with Gasteiger partial charge < -0.3 is 14.8 Å². The first-order chi connectivity index (χ1) is 23.5. The second kappa shape index (κ2) is 17.4. The molecule has 0 amide bonds. The number of aromatic hydroxyl groups is 1. The number of Topliss-reactive ketones (excluding diaryl/α,β-unsaturated/α-hetero) is 1. The van der Waals surface area contributed by atoms with Crippen LogP contribution in [0.15, 0.2) is 58.3 Å². The highest BCUT2D eigenvalue weighted by Gasteiger charge is 2.35. The lowest BCUT2D eigenvalue weighted by Gasteiger charge is -2.26. The fourth-order valence-electron chi connectivity index (χ4n) is 5.88. The van der Waals surface area contributed by atoms with E-state index in [1.807, 2.05) is 60.0 Å². The molecule has 2 aromatic rings. The van der Waals surface area contributed by atoms with Crippen LogP contribution in [-0.2, 0) is 24.4 Å². The normalized spacial score (nSPS) is 18.2. The molecule has 2 aliphatic rings. The number of aliphatic imine (C=N–C) groups is 1. The number of carbonyl (C=O) groups is 1. The van der Waals surface area contributed by atoms with Crippen molar-refractivity contribution in [2.75, 3.05) is 0 Å². The van der Waals surface area contributed by atoms with Crippen molar-refractivity contribution >= 4 is 23.3 Å². The van der Waals surface area contributed by atoms with Gasteiger partial charge >= 0.3 is 5.69 Å². The van der Waals surface area contributed by atoms with E-state index in [-0.39, 0.29) is 59.7 Å². The summed E-state index contributed by atoms with van der Waals surface area (Å²) in [5, 5.41) is 37.0. The van der Waals surface area contributed by atoms with Gasteiger partial charge in [-0.05, 0) is 63.4 Å². The Labute approximate surface area is 294 Å². The molecule has 2 aromatic heterocycles. The van der Waals surface area contributed by atoms with Crippen LogP contribution in [0.1, 0.15) is 99.4 Å². The number of imidazole rings is 1. The number of amidine groups is 1. The highest BCUT2D eigenvalue weighted by molar-refractivity contribution is 5.98. The molecule has 4 rings (SSSR count). The van der Waals surface area contributed by atoms with Gasteiger partial charge in [-0.1, -0.05) is 55.4 Å². The molecule has 0 bridgehead atoms. The Morgan fingerprint density at radius 2 is 1.52 bits per heavy atom. The maximum Gasteiger partial charge on any atom is 0.333 e. The standard InChI is InChI=1S/C19H30N4O2.C17H25N5O3/c1-7-8-23-14(6)13(5)20-19(23)22-21-16-17(24)12(4)10-15(18(16)25)9-11(2)3;1-10(2)8-21-15(23)14(20-19-13-6-12(5)7-18-13)16(24)22(17(21)25)9-11(3)4/h11-12,15,24H,7-10H2,1-6H3;7,10-11,23H,6,8-9H2,1-5H3. The third-order valence-electron chi connectivity index (χ3n) is 8.44. The summed E-state index contributed by atoms with van der Waals surface area (Å²) in [6, 6.07) is 0. The Bertz CT molecular complexity index is 1820. The first-order valence-electron chi connectivity index (χ1n) is 17.6. The quantitative estimate of drug-likeness (QED) is 0.226. The molecule has 0 fully saturated rings. The van der Waals surface area contributed by atoms with Crippen molar-refractivity contribution in [3.8, 4) is 5.88 Å². The summed E-state index contributed by atoms with van der Waals surface area (Å²) >= 11 is 0. The number of aromatic nitrogens is 4. The van der Waals surface area contributed by atoms with Crippen LogP contribution >= 0.6 is 0 Å². The number of aliphatic hydroxyl groups excluding tert-OH is 1. The molecule has 1 aliphatic carbocycles. The summed E-state index contributed by atoms with van der Waals surface area (Å²) in [7, 11) is 0. The van der Waals surface area contributed by atoms with E-state index >= 15 is 0 Å². The molecule has 0 saturated heterocycles. The van der Waals surface area contributed by atoms with Crippen molar-refractivity contribution in [1.29, 1.82) is 0 Å². The number of carbonyl (C=O) groups excluding carboxylic acids is 1. The van der Waals surface area contributed by atoms with E-state index in [0.717, 1.165) is 40.9 Å². The van der Waals surface area contributed by atoms with E-state index in [9.17, 15) is 24.6 Å².